The van der Waals surface area contributed by atoms with E-state index in [1.807, 2.05) is 18.2 Å². The SMILES string of the molecule is Clc1cccc(Nc2ncncc2Br)c1Br. The van der Waals surface area contributed by atoms with E-state index in [9.17, 15) is 0 Å². The second-order valence-electron chi connectivity index (χ2n) is 2.95. The van der Waals surface area contributed by atoms with Crippen LogP contribution in [0, 0.1) is 0 Å². The van der Waals surface area contributed by atoms with Crippen molar-refractivity contribution in [3.63, 3.8) is 0 Å². The van der Waals surface area contributed by atoms with Gasteiger partial charge in [-0.05, 0) is 44.0 Å². The second-order valence-corrected chi connectivity index (χ2v) is 5.00. The molecule has 0 fully saturated rings. The summed E-state index contributed by atoms with van der Waals surface area (Å²) < 4.78 is 1.60. The molecule has 0 aliphatic heterocycles. The molecule has 2 rings (SSSR count). The zero-order valence-corrected chi connectivity index (χ0v) is 11.8. The first-order chi connectivity index (χ1) is 7.68. The van der Waals surface area contributed by atoms with Crippen molar-refractivity contribution >= 4 is 55.0 Å². The molecule has 0 aliphatic rings. The van der Waals surface area contributed by atoms with Gasteiger partial charge in [0.25, 0.3) is 0 Å². The maximum Gasteiger partial charge on any atom is 0.148 e. The van der Waals surface area contributed by atoms with Crippen LogP contribution in [0.2, 0.25) is 5.02 Å². The van der Waals surface area contributed by atoms with Crippen molar-refractivity contribution in [2.24, 2.45) is 0 Å². The molecule has 0 spiro atoms. The molecule has 0 aliphatic carbocycles. The van der Waals surface area contributed by atoms with Gasteiger partial charge in [0.1, 0.15) is 12.1 Å². The Labute approximate surface area is 115 Å². The van der Waals surface area contributed by atoms with Crippen molar-refractivity contribution < 1.29 is 0 Å². The summed E-state index contributed by atoms with van der Waals surface area (Å²) in [6.07, 6.45) is 3.15. The first-order valence-corrected chi connectivity index (χ1v) is 6.31. The molecule has 1 aromatic carbocycles. The van der Waals surface area contributed by atoms with Crippen LogP contribution in [0.15, 0.2) is 39.7 Å². The fourth-order valence-electron chi connectivity index (χ4n) is 1.13. The summed E-state index contributed by atoms with van der Waals surface area (Å²) >= 11 is 12.8. The Morgan fingerprint density at radius 3 is 2.81 bits per heavy atom. The number of anilines is 2. The lowest BCUT2D eigenvalue weighted by molar-refractivity contribution is 1.15. The third-order valence-electron chi connectivity index (χ3n) is 1.87. The molecule has 6 heteroatoms. The Morgan fingerprint density at radius 2 is 2.06 bits per heavy atom. The van der Waals surface area contributed by atoms with Crippen LogP contribution < -0.4 is 5.32 Å². The van der Waals surface area contributed by atoms with E-state index in [0.29, 0.717) is 10.8 Å². The molecule has 0 bridgehead atoms. The summed E-state index contributed by atoms with van der Waals surface area (Å²) in [5.74, 6) is 0.693. The topological polar surface area (TPSA) is 37.8 Å². The highest BCUT2D eigenvalue weighted by Crippen LogP contribution is 2.32. The van der Waals surface area contributed by atoms with Crippen LogP contribution in [0.1, 0.15) is 0 Å². The Balaban J connectivity index is 2.35. The first kappa shape index (κ1) is 11.8. The normalized spacial score (nSPS) is 10.2. The lowest BCUT2D eigenvalue weighted by Crippen LogP contribution is -1.96. The third kappa shape index (κ3) is 2.53. The van der Waals surface area contributed by atoms with Crippen molar-refractivity contribution in [2.45, 2.75) is 0 Å². The van der Waals surface area contributed by atoms with Crippen LogP contribution in [0.3, 0.4) is 0 Å². The second kappa shape index (κ2) is 5.12. The van der Waals surface area contributed by atoms with Crippen LogP contribution in [-0.4, -0.2) is 9.97 Å². The van der Waals surface area contributed by atoms with Crippen molar-refractivity contribution in [3.8, 4) is 0 Å². The molecule has 16 heavy (non-hydrogen) atoms. The zero-order chi connectivity index (χ0) is 11.5. The highest BCUT2D eigenvalue weighted by molar-refractivity contribution is 9.11. The smallest absolute Gasteiger partial charge is 0.148 e. The summed E-state index contributed by atoms with van der Waals surface area (Å²) in [5, 5.41) is 3.80. The number of aromatic nitrogens is 2. The van der Waals surface area contributed by atoms with Crippen LogP contribution in [0.4, 0.5) is 11.5 Å². The third-order valence-corrected chi connectivity index (χ3v) is 3.85. The van der Waals surface area contributed by atoms with Crippen molar-refractivity contribution in [3.05, 3.63) is 44.7 Å². The molecule has 0 unspecified atom stereocenters. The van der Waals surface area contributed by atoms with Gasteiger partial charge in [-0.2, -0.15) is 0 Å². The van der Waals surface area contributed by atoms with E-state index in [4.69, 9.17) is 11.6 Å². The van der Waals surface area contributed by atoms with Gasteiger partial charge < -0.3 is 5.32 Å². The number of halogens is 3. The van der Waals surface area contributed by atoms with E-state index < -0.39 is 0 Å². The van der Waals surface area contributed by atoms with Crippen LogP contribution >= 0.6 is 43.5 Å². The van der Waals surface area contributed by atoms with Crippen molar-refractivity contribution in [1.82, 2.24) is 9.97 Å². The fraction of sp³-hybridized carbons (Fsp3) is 0. The summed E-state index contributed by atoms with van der Waals surface area (Å²) in [4.78, 5) is 8.00. The van der Waals surface area contributed by atoms with Crippen LogP contribution in [0.5, 0.6) is 0 Å². The van der Waals surface area contributed by atoms with E-state index in [1.165, 1.54) is 6.33 Å². The summed E-state index contributed by atoms with van der Waals surface area (Å²) in [7, 11) is 0. The fourth-order valence-corrected chi connectivity index (χ4v) is 1.99. The average Bonchev–Trinajstić information content (AvgIpc) is 2.28. The molecule has 0 saturated heterocycles. The van der Waals surface area contributed by atoms with Crippen molar-refractivity contribution in [1.29, 1.82) is 0 Å². The number of benzene rings is 1. The van der Waals surface area contributed by atoms with Gasteiger partial charge in [-0.3, -0.25) is 0 Å². The Morgan fingerprint density at radius 1 is 1.25 bits per heavy atom. The predicted molar refractivity (Wildman–Crippen MR) is 72.2 cm³/mol. The van der Waals surface area contributed by atoms with E-state index >= 15 is 0 Å². The standard InChI is InChI=1S/C10H6Br2ClN3/c11-6-4-14-5-15-10(6)16-8-3-1-2-7(13)9(8)12/h1-5H,(H,14,15,16). The monoisotopic (exact) mass is 361 g/mol. The van der Waals surface area contributed by atoms with E-state index in [0.717, 1.165) is 14.6 Å². The minimum absolute atomic E-state index is 0.648. The molecule has 0 saturated carbocycles. The maximum atomic E-state index is 5.99. The summed E-state index contributed by atoms with van der Waals surface area (Å²) in [6, 6.07) is 5.58. The number of hydrogen-bond donors (Lipinski definition) is 1. The van der Waals surface area contributed by atoms with Gasteiger partial charge in [0, 0.05) is 6.20 Å². The predicted octanol–water partition coefficient (Wildman–Crippen LogP) is 4.40. The Bertz CT molecular complexity index is 519. The van der Waals surface area contributed by atoms with E-state index in [2.05, 4.69) is 47.1 Å². The number of rotatable bonds is 2. The molecule has 1 heterocycles. The van der Waals surface area contributed by atoms with E-state index in [1.54, 1.807) is 6.20 Å². The van der Waals surface area contributed by atoms with Gasteiger partial charge in [0.15, 0.2) is 0 Å². The number of hydrogen-bond acceptors (Lipinski definition) is 3. The van der Waals surface area contributed by atoms with Gasteiger partial charge in [-0.1, -0.05) is 17.7 Å². The van der Waals surface area contributed by atoms with Gasteiger partial charge in [0.05, 0.1) is 19.7 Å². The number of nitrogens with zero attached hydrogens (tertiary/aromatic N) is 2. The molecule has 1 N–H and O–H groups in total. The van der Waals surface area contributed by atoms with Gasteiger partial charge >= 0.3 is 0 Å². The lowest BCUT2D eigenvalue weighted by Gasteiger charge is -2.09. The van der Waals surface area contributed by atoms with Gasteiger partial charge in [-0.25, -0.2) is 9.97 Å². The highest BCUT2D eigenvalue weighted by atomic mass is 79.9. The average molecular weight is 363 g/mol. The molecule has 1 aromatic heterocycles. The van der Waals surface area contributed by atoms with Crippen LogP contribution in [-0.2, 0) is 0 Å². The zero-order valence-electron chi connectivity index (χ0n) is 7.92. The molecule has 0 atom stereocenters. The lowest BCUT2D eigenvalue weighted by atomic mass is 10.3. The largest absolute Gasteiger partial charge is 0.338 e. The number of nitrogens with one attached hydrogen (secondary N) is 1. The molecule has 0 radical (unpaired) electrons. The van der Waals surface area contributed by atoms with Crippen LogP contribution in [0.25, 0.3) is 0 Å². The molecule has 2 aromatic rings. The molecule has 3 nitrogen and oxygen atoms in total. The molecular weight excluding hydrogens is 357 g/mol. The highest BCUT2D eigenvalue weighted by Gasteiger charge is 2.06. The quantitative estimate of drug-likeness (QED) is 0.859. The minimum atomic E-state index is 0.648. The van der Waals surface area contributed by atoms with Gasteiger partial charge in [0.2, 0.25) is 0 Å². The molecule has 0 amide bonds. The van der Waals surface area contributed by atoms with Crippen molar-refractivity contribution in [2.75, 3.05) is 5.32 Å². The maximum absolute atomic E-state index is 5.99. The van der Waals surface area contributed by atoms with E-state index in [-0.39, 0.29) is 0 Å². The Kier molecular flexibility index (Phi) is 3.78. The molecule has 82 valence electrons. The molecular formula is C10H6Br2ClN3. The summed E-state index contributed by atoms with van der Waals surface area (Å²) in [5.41, 5.74) is 0.854. The van der Waals surface area contributed by atoms with Gasteiger partial charge in [-0.15, -0.1) is 0 Å². The first-order valence-electron chi connectivity index (χ1n) is 4.35. The Hall–Kier alpha value is -0.650. The summed E-state index contributed by atoms with van der Waals surface area (Å²) in [6.45, 7) is 0. The minimum Gasteiger partial charge on any atom is -0.338 e.